The average molecular weight is 238 g/mol. The summed E-state index contributed by atoms with van der Waals surface area (Å²) in [5.74, 6) is 1.01. The Morgan fingerprint density at radius 2 is 2.24 bits per heavy atom. The van der Waals surface area contributed by atoms with Gasteiger partial charge in [-0.25, -0.2) is 0 Å². The van der Waals surface area contributed by atoms with E-state index in [2.05, 4.69) is 5.32 Å². The molecule has 0 aromatic heterocycles. The van der Waals surface area contributed by atoms with Gasteiger partial charge < -0.3 is 10.2 Å². The Morgan fingerprint density at radius 1 is 1.53 bits per heavy atom. The molecule has 2 fully saturated rings. The summed E-state index contributed by atoms with van der Waals surface area (Å²) in [6.07, 6.45) is 3.68. The third kappa shape index (κ3) is 2.79. The predicted octanol–water partition coefficient (Wildman–Crippen LogP) is 1.16. The van der Waals surface area contributed by atoms with Gasteiger partial charge in [-0.1, -0.05) is 0 Å². The summed E-state index contributed by atoms with van der Waals surface area (Å²) in [5.41, 5.74) is -0.390. The number of rotatable bonds is 4. The molecular formula is C13H22N2O2. The van der Waals surface area contributed by atoms with Crippen molar-refractivity contribution in [3.05, 3.63) is 0 Å². The molecule has 0 radical (unpaired) electrons. The van der Waals surface area contributed by atoms with Crippen LogP contribution in [-0.2, 0) is 9.59 Å². The third-order valence-electron chi connectivity index (χ3n) is 3.94. The second kappa shape index (κ2) is 4.67. The van der Waals surface area contributed by atoms with Crippen LogP contribution in [0.3, 0.4) is 0 Å². The summed E-state index contributed by atoms with van der Waals surface area (Å²) in [6.45, 7) is 6.18. The largest absolute Gasteiger partial charge is 0.355 e. The van der Waals surface area contributed by atoms with Crippen LogP contribution in [0, 0.1) is 11.3 Å². The zero-order valence-corrected chi connectivity index (χ0v) is 10.8. The number of hydrogen-bond acceptors (Lipinski definition) is 2. The van der Waals surface area contributed by atoms with Crippen LogP contribution in [0.4, 0.5) is 0 Å². The molecule has 2 rings (SSSR count). The average Bonchev–Trinajstić information content (AvgIpc) is 3.13. The maximum absolute atomic E-state index is 12.5. The molecule has 96 valence electrons. The molecule has 1 saturated carbocycles. The number of piperidine rings is 1. The van der Waals surface area contributed by atoms with Crippen molar-refractivity contribution in [2.75, 3.05) is 19.6 Å². The molecule has 1 aliphatic heterocycles. The lowest BCUT2D eigenvalue weighted by atomic mass is 9.81. The molecule has 2 aliphatic rings. The third-order valence-corrected chi connectivity index (χ3v) is 3.94. The van der Waals surface area contributed by atoms with Gasteiger partial charge in [0.05, 0.1) is 5.41 Å². The highest BCUT2D eigenvalue weighted by molar-refractivity contribution is 5.86. The van der Waals surface area contributed by atoms with E-state index in [0.717, 1.165) is 19.0 Å². The van der Waals surface area contributed by atoms with Gasteiger partial charge in [-0.2, -0.15) is 0 Å². The number of hydrogen-bond donors (Lipinski definition) is 1. The summed E-state index contributed by atoms with van der Waals surface area (Å²) in [5, 5.41) is 2.81. The molecule has 0 aromatic rings. The van der Waals surface area contributed by atoms with Crippen molar-refractivity contribution >= 4 is 11.8 Å². The van der Waals surface area contributed by atoms with Crippen LogP contribution in [0.5, 0.6) is 0 Å². The van der Waals surface area contributed by atoms with Crippen LogP contribution in [0.2, 0.25) is 0 Å². The summed E-state index contributed by atoms with van der Waals surface area (Å²) in [4.78, 5) is 25.6. The van der Waals surface area contributed by atoms with E-state index in [9.17, 15) is 9.59 Å². The van der Waals surface area contributed by atoms with Crippen molar-refractivity contribution < 1.29 is 9.59 Å². The Labute approximate surface area is 103 Å². The molecule has 17 heavy (non-hydrogen) atoms. The summed E-state index contributed by atoms with van der Waals surface area (Å²) >= 11 is 0. The minimum Gasteiger partial charge on any atom is -0.355 e. The van der Waals surface area contributed by atoms with Crippen molar-refractivity contribution in [3.63, 3.8) is 0 Å². The van der Waals surface area contributed by atoms with Crippen LogP contribution < -0.4 is 5.32 Å². The molecule has 1 unspecified atom stereocenters. The quantitative estimate of drug-likeness (QED) is 0.799. The Hall–Kier alpha value is -1.06. The minimum atomic E-state index is -0.390. The van der Waals surface area contributed by atoms with Gasteiger partial charge in [0.1, 0.15) is 0 Å². The molecule has 2 amide bonds. The van der Waals surface area contributed by atoms with Crippen molar-refractivity contribution in [1.82, 2.24) is 10.2 Å². The second-order valence-corrected chi connectivity index (χ2v) is 5.62. The molecule has 1 atom stereocenters. The standard InChI is InChI=1S/C13H22N2O2/c1-3-15(8-10-4-5-10)12(17)13(2)7-6-11(16)14-9-13/h10H,3-9H2,1-2H3,(H,14,16). The molecule has 0 spiro atoms. The first-order valence-corrected chi connectivity index (χ1v) is 6.61. The SMILES string of the molecule is CCN(CC1CC1)C(=O)C1(C)CCC(=O)NC1. The van der Waals surface area contributed by atoms with Crippen molar-refractivity contribution in [2.24, 2.45) is 11.3 Å². The van der Waals surface area contributed by atoms with Gasteiger partial charge in [0.2, 0.25) is 11.8 Å². The molecule has 4 heteroatoms. The molecule has 1 heterocycles. The smallest absolute Gasteiger partial charge is 0.230 e. The fourth-order valence-corrected chi connectivity index (χ4v) is 2.39. The van der Waals surface area contributed by atoms with Gasteiger partial charge in [0.15, 0.2) is 0 Å². The van der Waals surface area contributed by atoms with Crippen LogP contribution in [-0.4, -0.2) is 36.3 Å². The first kappa shape index (κ1) is 12.4. The highest BCUT2D eigenvalue weighted by atomic mass is 16.2. The summed E-state index contributed by atoms with van der Waals surface area (Å²) in [6, 6.07) is 0. The van der Waals surface area contributed by atoms with Crippen LogP contribution in [0.25, 0.3) is 0 Å². The van der Waals surface area contributed by atoms with Crippen LogP contribution >= 0.6 is 0 Å². The van der Waals surface area contributed by atoms with Gasteiger partial charge >= 0.3 is 0 Å². The maximum Gasteiger partial charge on any atom is 0.230 e. The monoisotopic (exact) mass is 238 g/mol. The van der Waals surface area contributed by atoms with E-state index in [4.69, 9.17) is 0 Å². The summed E-state index contributed by atoms with van der Waals surface area (Å²) in [7, 11) is 0. The van der Waals surface area contributed by atoms with E-state index < -0.39 is 5.41 Å². The van der Waals surface area contributed by atoms with Gasteiger partial charge in [-0.3, -0.25) is 9.59 Å². The minimum absolute atomic E-state index is 0.0699. The fourth-order valence-electron chi connectivity index (χ4n) is 2.39. The zero-order valence-electron chi connectivity index (χ0n) is 10.8. The number of carbonyl (C=O) groups excluding carboxylic acids is 2. The van der Waals surface area contributed by atoms with Crippen LogP contribution in [0.15, 0.2) is 0 Å². The molecule has 1 saturated heterocycles. The van der Waals surface area contributed by atoms with E-state index >= 15 is 0 Å². The number of nitrogens with one attached hydrogen (secondary N) is 1. The molecule has 0 bridgehead atoms. The number of nitrogens with zero attached hydrogens (tertiary/aromatic N) is 1. The normalized spacial score (nSPS) is 28.7. The Balaban J connectivity index is 1.98. The van der Waals surface area contributed by atoms with Crippen LogP contribution in [0.1, 0.15) is 39.5 Å². The second-order valence-electron chi connectivity index (χ2n) is 5.62. The van der Waals surface area contributed by atoms with E-state index in [-0.39, 0.29) is 11.8 Å². The van der Waals surface area contributed by atoms with Crippen molar-refractivity contribution in [2.45, 2.75) is 39.5 Å². The molecular weight excluding hydrogens is 216 g/mol. The molecule has 4 nitrogen and oxygen atoms in total. The lowest BCUT2D eigenvalue weighted by molar-refractivity contribution is -0.144. The van der Waals surface area contributed by atoms with Gasteiger partial charge in [-0.15, -0.1) is 0 Å². The van der Waals surface area contributed by atoms with E-state index in [1.54, 1.807) is 0 Å². The van der Waals surface area contributed by atoms with Crippen molar-refractivity contribution in [3.8, 4) is 0 Å². The number of carbonyl (C=O) groups is 2. The maximum atomic E-state index is 12.5. The van der Waals surface area contributed by atoms with E-state index in [1.807, 2.05) is 18.7 Å². The lowest BCUT2D eigenvalue weighted by Gasteiger charge is -2.36. The Morgan fingerprint density at radius 3 is 2.71 bits per heavy atom. The fraction of sp³-hybridized carbons (Fsp3) is 0.846. The van der Waals surface area contributed by atoms with Gasteiger partial charge in [0.25, 0.3) is 0 Å². The Bertz CT molecular complexity index is 313. The molecule has 1 N–H and O–H groups in total. The molecule has 1 aliphatic carbocycles. The lowest BCUT2D eigenvalue weighted by Crippen LogP contribution is -2.52. The van der Waals surface area contributed by atoms with E-state index in [1.165, 1.54) is 12.8 Å². The molecule has 0 aromatic carbocycles. The number of amides is 2. The summed E-state index contributed by atoms with van der Waals surface area (Å²) < 4.78 is 0. The highest BCUT2D eigenvalue weighted by Crippen LogP contribution is 2.33. The predicted molar refractivity (Wildman–Crippen MR) is 65.3 cm³/mol. The Kier molecular flexibility index (Phi) is 3.40. The highest BCUT2D eigenvalue weighted by Gasteiger charge is 2.40. The first-order valence-electron chi connectivity index (χ1n) is 6.61. The van der Waals surface area contributed by atoms with E-state index in [0.29, 0.717) is 19.4 Å². The first-order chi connectivity index (χ1) is 8.05. The van der Waals surface area contributed by atoms with Crippen molar-refractivity contribution in [1.29, 1.82) is 0 Å². The topological polar surface area (TPSA) is 49.4 Å². The van der Waals surface area contributed by atoms with Gasteiger partial charge in [-0.05, 0) is 39.0 Å². The zero-order chi connectivity index (χ0) is 12.5. The van der Waals surface area contributed by atoms with Gasteiger partial charge in [0, 0.05) is 26.1 Å².